The van der Waals surface area contributed by atoms with E-state index in [9.17, 15) is 14.0 Å². The van der Waals surface area contributed by atoms with Gasteiger partial charge in [0.1, 0.15) is 0 Å². The number of rotatable bonds is 11. The van der Waals surface area contributed by atoms with E-state index in [0.717, 1.165) is 31.4 Å². The zero-order chi connectivity index (χ0) is 21.6. The summed E-state index contributed by atoms with van der Waals surface area (Å²) < 4.78 is 19.6. The second kappa shape index (κ2) is 10.0. The predicted molar refractivity (Wildman–Crippen MR) is 112 cm³/mol. The molecule has 3 rings (SSSR count). The number of nitrogens with zero attached hydrogens (tertiary/aromatic N) is 1. The van der Waals surface area contributed by atoms with Gasteiger partial charge in [-0.05, 0) is 42.9 Å². The Kier molecular flexibility index (Phi) is 7.44. The van der Waals surface area contributed by atoms with E-state index in [-0.39, 0.29) is 23.3 Å². The molecule has 1 saturated heterocycles. The maximum Gasteiger partial charge on any atom is 0.324 e. The van der Waals surface area contributed by atoms with Crippen LogP contribution in [-0.4, -0.2) is 43.1 Å². The molecule has 3 N–H and O–H groups in total. The molecule has 30 heavy (non-hydrogen) atoms. The third-order valence-corrected chi connectivity index (χ3v) is 5.20. The second-order valence-electron chi connectivity index (χ2n) is 8.29. The number of nitrogens with one attached hydrogen (secondary N) is 3. The van der Waals surface area contributed by atoms with Gasteiger partial charge >= 0.3 is 6.03 Å². The summed E-state index contributed by atoms with van der Waals surface area (Å²) in [5.41, 5.74) is 7.48. The van der Waals surface area contributed by atoms with Crippen molar-refractivity contribution < 1.29 is 18.7 Å². The maximum atomic E-state index is 14.0. The highest BCUT2D eigenvalue weighted by atomic mass is 19.1. The minimum absolute atomic E-state index is 0.175. The van der Waals surface area contributed by atoms with E-state index in [1.807, 2.05) is 32.1 Å². The Morgan fingerprint density at radius 2 is 2.10 bits per heavy atom. The highest BCUT2D eigenvalue weighted by molar-refractivity contribution is 5.96. The maximum absolute atomic E-state index is 14.0. The van der Waals surface area contributed by atoms with Gasteiger partial charge in [0.05, 0.1) is 12.1 Å². The number of halogens is 1. The van der Waals surface area contributed by atoms with E-state index in [0.29, 0.717) is 37.8 Å². The molecule has 1 aromatic carbocycles. The molecule has 3 amide bonds. The lowest BCUT2D eigenvalue weighted by Crippen LogP contribution is -2.49. The first-order valence-corrected chi connectivity index (χ1v) is 10.6. The summed E-state index contributed by atoms with van der Waals surface area (Å²) in [6.45, 7) is 6.23. The van der Waals surface area contributed by atoms with Crippen LogP contribution in [0.5, 0.6) is 5.75 Å². The molecule has 1 aliphatic heterocycles. The van der Waals surface area contributed by atoms with Crippen LogP contribution in [0.1, 0.15) is 45.1 Å². The fraction of sp³-hybridized carbons (Fsp3) is 0.545. The fourth-order valence-corrected chi connectivity index (χ4v) is 3.26. The Balaban J connectivity index is 1.40. The molecule has 0 unspecified atom stereocenters. The number of benzene rings is 1. The van der Waals surface area contributed by atoms with E-state index in [1.165, 1.54) is 6.07 Å². The van der Waals surface area contributed by atoms with Gasteiger partial charge in [-0.1, -0.05) is 32.1 Å². The fourth-order valence-electron chi connectivity index (χ4n) is 3.26. The minimum Gasteiger partial charge on any atom is -0.490 e. The Morgan fingerprint density at radius 1 is 1.30 bits per heavy atom. The molecule has 0 bridgehead atoms. The number of urea groups is 1. The zero-order valence-corrected chi connectivity index (χ0v) is 17.7. The van der Waals surface area contributed by atoms with Crippen LogP contribution in [0.25, 0.3) is 0 Å². The predicted octanol–water partition coefficient (Wildman–Crippen LogP) is 2.83. The first kappa shape index (κ1) is 22.2. The summed E-state index contributed by atoms with van der Waals surface area (Å²) in [6, 6.07) is 4.75. The van der Waals surface area contributed by atoms with Crippen molar-refractivity contribution in [1.29, 1.82) is 0 Å². The van der Waals surface area contributed by atoms with Gasteiger partial charge in [-0.2, -0.15) is 0 Å². The van der Waals surface area contributed by atoms with Gasteiger partial charge in [-0.25, -0.2) is 14.6 Å². The lowest BCUT2D eigenvalue weighted by Gasteiger charge is -2.25. The van der Waals surface area contributed by atoms with Gasteiger partial charge in [0.15, 0.2) is 11.6 Å². The van der Waals surface area contributed by atoms with Crippen LogP contribution in [0.4, 0.5) is 9.18 Å². The molecule has 7 nitrogen and oxygen atoms in total. The molecular weight excluding hydrogens is 387 g/mol. The molecule has 0 radical (unpaired) electrons. The Morgan fingerprint density at radius 3 is 2.80 bits per heavy atom. The SMILES string of the molecule is CC(C)COc1cc(C2(NNCC/C=C/CN3CCC(=O)NC3=O)CC2)ccc1F. The van der Waals surface area contributed by atoms with Crippen molar-refractivity contribution in [2.24, 2.45) is 5.92 Å². The number of carbonyl (C=O) groups is 2. The van der Waals surface area contributed by atoms with Crippen molar-refractivity contribution in [1.82, 2.24) is 21.1 Å². The average molecular weight is 419 g/mol. The van der Waals surface area contributed by atoms with Crippen molar-refractivity contribution >= 4 is 11.9 Å². The molecular formula is C22H31FN4O3. The summed E-state index contributed by atoms with van der Waals surface area (Å²) in [4.78, 5) is 24.4. The van der Waals surface area contributed by atoms with Crippen LogP contribution in [0.2, 0.25) is 0 Å². The van der Waals surface area contributed by atoms with Gasteiger partial charge < -0.3 is 9.64 Å². The van der Waals surface area contributed by atoms with E-state index >= 15 is 0 Å². The molecule has 0 spiro atoms. The lowest BCUT2D eigenvalue weighted by molar-refractivity contribution is -0.121. The quantitative estimate of drug-likeness (QED) is 0.292. The topological polar surface area (TPSA) is 82.7 Å². The van der Waals surface area contributed by atoms with E-state index in [1.54, 1.807) is 11.0 Å². The third kappa shape index (κ3) is 6.03. The summed E-state index contributed by atoms with van der Waals surface area (Å²) in [5.74, 6) is 0.0903. The molecule has 2 fully saturated rings. The first-order valence-electron chi connectivity index (χ1n) is 10.6. The molecule has 1 saturated carbocycles. The molecule has 1 aliphatic carbocycles. The smallest absolute Gasteiger partial charge is 0.324 e. The molecule has 2 aliphatic rings. The van der Waals surface area contributed by atoms with Crippen LogP contribution < -0.4 is 20.9 Å². The van der Waals surface area contributed by atoms with Gasteiger partial charge in [-0.3, -0.25) is 15.5 Å². The van der Waals surface area contributed by atoms with Crippen LogP contribution in [0, 0.1) is 11.7 Å². The van der Waals surface area contributed by atoms with Crippen LogP contribution in [0.15, 0.2) is 30.4 Å². The van der Waals surface area contributed by atoms with Crippen molar-refractivity contribution in [3.8, 4) is 5.75 Å². The molecule has 0 atom stereocenters. The molecule has 0 aromatic heterocycles. The van der Waals surface area contributed by atoms with Crippen molar-refractivity contribution in [2.75, 3.05) is 26.2 Å². The standard InChI is InChI=1S/C22H31FN4O3/c1-16(2)15-30-19-14-17(6-7-18(19)23)22(9-10-22)26-24-11-4-3-5-12-27-13-8-20(28)25-21(27)29/h3,5-7,14,16,24,26H,4,8-13,15H2,1-2H3,(H,25,28,29)/b5-3+. The largest absolute Gasteiger partial charge is 0.490 e. The number of imide groups is 1. The summed E-state index contributed by atoms with van der Waals surface area (Å²) >= 11 is 0. The normalized spacial score (nSPS) is 18.2. The van der Waals surface area contributed by atoms with Crippen LogP contribution >= 0.6 is 0 Å². The van der Waals surface area contributed by atoms with E-state index in [4.69, 9.17) is 4.74 Å². The highest BCUT2D eigenvalue weighted by Gasteiger charge is 2.44. The minimum atomic E-state index is -0.333. The van der Waals surface area contributed by atoms with Gasteiger partial charge in [-0.15, -0.1) is 0 Å². The second-order valence-corrected chi connectivity index (χ2v) is 8.29. The number of carbonyl (C=O) groups excluding carboxylic acids is 2. The van der Waals surface area contributed by atoms with Crippen molar-refractivity contribution in [3.05, 3.63) is 41.7 Å². The summed E-state index contributed by atoms with van der Waals surface area (Å²) in [6.07, 6.45) is 7.04. The van der Waals surface area contributed by atoms with Gasteiger partial charge in [0.25, 0.3) is 0 Å². The zero-order valence-electron chi connectivity index (χ0n) is 17.7. The summed E-state index contributed by atoms with van der Waals surface area (Å²) in [5, 5.41) is 2.31. The Bertz CT molecular complexity index is 793. The average Bonchev–Trinajstić information content (AvgIpc) is 3.49. The van der Waals surface area contributed by atoms with Gasteiger partial charge in [0.2, 0.25) is 5.91 Å². The third-order valence-electron chi connectivity index (χ3n) is 5.20. The van der Waals surface area contributed by atoms with Gasteiger partial charge in [0, 0.05) is 26.1 Å². The van der Waals surface area contributed by atoms with Crippen LogP contribution in [0.3, 0.4) is 0 Å². The summed E-state index contributed by atoms with van der Waals surface area (Å²) in [7, 11) is 0. The number of ether oxygens (including phenoxy) is 1. The molecule has 1 heterocycles. The van der Waals surface area contributed by atoms with Crippen molar-refractivity contribution in [2.45, 2.75) is 45.1 Å². The number of hydrogen-bond donors (Lipinski definition) is 3. The monoisotopic (exact) mass is 418 g/mol. The number of hydrazine groups is 1. The van der Waals surface area contributed by atoms with Crippen molar-refractivity contribution in [3.63, 3.8) is 0 Å². The molecule has 8 heteroatoms. The lowest BCUT2D eigenvalue weighted by atomic mass is 10.1. The molecule has 164 valence electrons. The number of hydrogen-bond acceptors (Lipinski definition) is 5. The molecule has 1 aromatic rings. The Hall–Kier alpha value is -2.45. The van der Waals surface area contributed by atoms with E-state index < -0.39 is 0 Å². The number of amides is 3. The van der Waals surface area contributed by atoms with E-state index in [2.05, 4.69) is 16.2 Å². The Labute approximate surface area is 177 Å². The first-order chi connectivity index (χ1) is 14.4. The highest BCUT2D eigenvalue weighted by Crippen LogP contribution is 2.46. The van der Waals surface area contributed by atoms with Crippen LogP contribution in [-0.2, 0) is 10.3 Å².